The van der Waals surface area contributed by atoms with Crippen LogP contribution in [-0.2, 0) is 0 Å². The second-order valence-electron chi connectivity index (χ2n) is 5.78. The number of nitrogens with one attached hydrogen (secondary N) is 1. The zero-order valence-corrected chi connectivity index (χ0v) is 13.9. The molecule has 3 rings (SSSR count). The monoisotopic (exact) mass is 326 g/mol. The second kappa shape index (κ2) is 6.89. The number of nitrogens with zero attached hydrogens (tertiary/aromatic N) is 3. The highest BCUT2D eigenvalue weighted by Crippen LogP contribution is 2.34. The van der Waals surface area contributed by atoms with Gasteiger partial charge in [-0.1, -0.05) is 29.8 Å². The standard InChI is InChI=1S/C18H19ClN4/c1-13-7-3-4-8-15(13)22-18-17(19)14(11-20)16(12-21-18)23-9-5-2-6-10-23/h3-4,7-8,12H,2,5-6,9-10H2,1H3,(H,21,22). The third-order valence-corrected chi connectivity index (χ3v) is 4.57. The topological polar surface area (TPSA) is 52.0 Å². The molecule has 0 aliphatic carbocycles. The van der Waals surface area contributed by atoms with Crippen LogP contribution in [0.2, 0.25) is 5.02 Å². The lowest BCUT2D eigenvalue weighted by atomic mass is 10.1. The fourth-order valence-electron chi connectivity index (χ4n) is 2.89. The molecule has 0 amide bonds. The molecule has 1 fully saturated rings. The lowest BCUT2D eigenvalue weighted by molar-refractivity contribution is 0.577. The molecule has 0 saturated carbocycles. The molecule has 0 atom stereocenters. The predicted octanol–water partition coefficient (Wildman–Crippen LogP) is 4.65. The minimum absolute atomic E-state index is 0.388. The number of rotatable bonds is 3. The summed E-state index contributed by atoms with van der Waals surface area (Å²) in [5, 5.41) is 13.2. The summed E-state index contributed by atoms with van der Waals surface area (Å²) >= 11 is 6.46. The summed E-state index contributed by atoms with van der Waals surface area (Å²) in [5.41, 5.74) is 3.38. The van der Waals surface area contributed by atoms with E-state index in [1.165, 1.54) is 6.42 Å². The molecule has 23 heavy (non-hydrogen) atoms. The highest BCUT2D eigenvalue weighted by atomic mass is 35.5. The third-order valence-electron chi connectivity index (χ3n) is 4.21. The number of benzene rings is 1. The van der Waals surface area contributed by atoms with E-state index in [0.717, 1.165) is 42.9 Å². The Kier molecular flexibility index (Phi) is 4.68. The van der Waals surface area contributed by atoms with Crippen molar-refractivity contribution in [2.24, 2.45) is 0 Å². The lowest BCUT2D eigenvalue weighted by Crippen LogP contribution is -2.30. The van der Waals surface area contributed by atoms with Crippen molar-refractivity contribution >= 4 is 28.8 Å². The number of hydrogen-bond acceptors (Lipinski definition) is 4. The lowest BCUT2D eigenvalue weighted by Gasteiger charge is -2.29. The Labute approximate surface area is 141 Å². The van der Waals surface area contributed by atoms with Crippen molar-refractivity contribution in [3.8, 4) is 6.07 Å². The molecule has 118 valence electrons. The number of pyridine rings is 1. The molecule has 4 nitrogen and oxygen atoms in total. The van der Waals surface area contributed by atoms with Crippen molar-refractivity contribution in [1.29, 1.82) is 5.26 Å². The summed E-state index contributed by atoms with van der Waals surface area (Å²) in [6.45, 7) is 3.93. The summed E-state index contributed by atoms with van der Waals surface area (Å²) in [4.78, 5) is 6.67. The summed E-state index contributed by atoms with van der Waals surface area (Å²) < 4.78 is 0. The molecule has 1 saturated heterocycles. The maximum Gasteiger partial charge on any atom is 0.150 e. The van der Waals surface area contributed by atoms with Gasteiger partial charge in [-0.15, -0.1) is 0 Å². The van der Waals surface area contributed by atoms with Crippen molar-refractivity contribution in [1.82, 2.24) is 4.98 Å². The normalized spacial score (nSPS) is 14.4. The Morgan fingerprint density at radius 3 is 2.65 bits per heavy atom. The van der Waals surface area contributed by atoms with E-state index in [9.17, 15) is 5.26 Å². The highest BCUT2D eigenvalue weighted by Gasteiger charge is 2.19. The molecule has 0 spiro atoms. The Bertz CT molecular complexity index is 745. The number of halogens is 1. The van der Waals surface area contributed by atoms with Crippen LogP contribution in [0, 0.1) is 18.3 Å². The second-order valence-corrected chi connectivity index (χ2v) is 6.16. The highest BCUT2D eigenvalue weighted by molar-refractivity contribution is 6.34. The van der Waals surface area contributed by atoms with E-state index in [1.54, 1.807) is 6.20 Å². The van der Waals surface area contributed by atoms with Gasteiger partial charge in [-0.25, -0.2) is 4.98 Å². The summed E-state index contributed by atoms with van der Waals surface area (Å²) in [6.07, 6.45) is 5.29. The first-order valence-electron chi connectivity index (χ1n) is 7.87. The molecule has 1 aromatic carbocycles. The first kappa shape index (κ1) is 15.6. The minimum Gasteiger partial charge on any atom is -0.369 e. The molecule has 5 heteroatoms. The number of aromatic nitrogens is 1. The van der Waals surface area contributed by atoms with Gasteiger partial charge in [0.25, 0.3) is 0 Å². The Hall–Kier alpha value is -2.25. The first-order valence-corrected chi connectivity index (χ1v) is 8.24. The van der Waals surface area contributed by atoms with Crippen LogP contribution in [0.25, 0.3) is 0 Å². The molecule has 0 radical (unpaired) electrons. The van der Waals surface area contributed by atoms with Crippen LogP contribution < -0.4 is 10.2 Å². The summed E-state index contributed by atoms with van der Waals surface area (Å²) in [5.74, 6) is 0.526. The van der Waals surface area contributed by atoms with Gasteiger partial charge in [-0.2, -0.15) is 5.26 Å². The van der Waals surface area contributed by atoms with Gasteiger partial charge in [0.15, 0.2) is 5.82 Å². The van der Waals surface area contributed by atoms with Gasteiger partial charge in [0.2, 0.25) is 0 Å². The molecule has 1 N–H and O–H groups in total. The van der Waals surface area contributed by atoms with E-state index in [4.69, 9.17) is 11.6 Å². The Balaban J connectivity index is 1.94. The van der Waals surface area contributed by atoms with E-state index in [2.05, 4.69) is 21.3 Å². The van der Waals surface area contributed by atoms with Gasteiger partial charge >= 0.3 is 0 Å². The van der Waals surface area contributed by atoms with Crippen LogP contribution in [0.1, 0.15) is 30.4 Å². The average Bonchev–Trinajstić information content (AvgIpc) is 2.59. The number of nitriles is 1. The molecular weight excluding hydrogens is 308 g/mol. The number of piperidine rings is 1. The van der Waals surface area contributed by atoms with Gasteiger partial charge in [0.1, 0.15) is 11.1 Å². The van der Waals surface area contributed by atoms with Crippen molar-refractivity contribution < 1.29 is 0 Å². The molecule has 1 aliphatic rings. The predicted molar refractivity (Wildman–Crippen MR) is 94.5 cm³/mol. The van der Waals surface area contributed by atoms with Gasteiger partial charge < -0.3 is 10.2 Å². The first-order chi connectivity index (χ1) is 11.2. The van der Waals surface area contributed by atoms with Crippen LogP contribution in [0.15, 0.2) is 30.5 Å². The van der Waals surface area contributed by atoms with Crippen molar-refractivity contribution in [2.75, 3.05) is 23.3 Å². The smallest absolute Gasteiger partial charge is 0.150 e. The van der Waals surface area contributed by atoms with Crippen molar-refractivity contribution in [3.63, 3.8) is 0 Å². The zero-order chi connectivity index (χ0) is 16.2. The van der Waals surface area contributed by atoms with Gasteiger partial charge in [0.05, 0.1) is 17.4 Å². The number of para-hydroxylation sites is 1. The van der Waals surface area contributed by atoms with Crippen LogP contribution in [0.5, 0.6) is 0 Å². The number of anilines is 3. The van der Waals surface area contributed by atoms with E-state index < -0.39 is 0 Å². The van der Waals surface area contributed by atoms with E-state index in [-0.39, 0.29) is 0 Å². The molecule has 2 aromatic rings. The Morgan fingerprint density at radius 2 is 1.96 bits per heavy atom. The van der Waals surface area contributed by atoms with Crippen molar-refractivity contribution in [2.45, 2.75) is 26.2 Å². The van der Waals surface area contributed by atoms with Crippen molar-refractivity contribution in [3.05, 3.63) is 46.6 Å². The maximum absolute atomic E-state index is 9.56. The Morgan fingerprint density at radius 1 is 1.22 bits per heavy atom. The van der Waals surface area contributed by atoms with Crippen LogP contribution >= 0.6 is 11.6 Å². The third kappa shape index (κ3) is 3.25. The summed E-state index contributed by atoms with van der Waals surface area (Å²) in [6, 6.07) is 10.2. The van der Waals surface area contributed by atoms with E-state index in [0.29, 0.717) is 16.4 Å². The number of aryl methyl sites for hydroxylation is 1. The van der Waals surface area contributed by atoms with E-state index >= 15 is 0 Å². The largest absolute Gasteiger partial charge is 0.369 e. The fraction of sp³-hybridized carbons (Fsp3) is 0.333. The molecule has 0 bridgehead atoms. The zero-order valence-electron chi connectivity index (χ0n) is 13.1. The van der Waals surface area contributed by atoms with Gasteiger partial charge in [-0.3, -0.25) is 0 Å². The van der Waals surface area contributed by atoms with Crippen LogP contribution in [0.3, 0.4) is 0 Å². The van der Waals surface area contributed by atoms with Crippen LogP contribution in [-0.4, -0.2) is 18.1 Å². The quantitative estimate of drug-likeness (QED) is 0.892. The average molecular weight is 327 g/mol. The fourth-order valence-corrected chi connectivity index (χ4v) is 3.12. The molecule has 1 aliphatic heterocycles. The summed E-state index contributed by atoms with van der Waals surface area (Å²) in [7, 11) is 0. The number of hydrogen-bond donors (Lipinski definition) is 1. The molecule has 2 heterocycles. The van der Waals surface area contributed by atoms with E-state index in [1.807, 2.05) is 31.2 Å². The molecule has 1 aromatic heterocycles. The minimum atomic E-state index is 0.388. The van der Waals surface area contributed by atoms with Gasteiger partial charge in [-0.05, 0) is 37.8 Å². The molecular formula is C18H19ClN4. The van der Waals surface area contributed by atoms with Gasteiger partial charge in [0, 0.05) is 18.8 Å². The van der Waals surface area contributed by atoms with Crippen LogP contribution in [0.4, 0.5) is 17.2 Å². The maximum atomic E-state index is 9.56. The SMILES string of the molecule is Cc1ccccc1Nc1ncc(N2CCCCC2)c(C#N)c1Cl. The molecule has 0 unspecified atom stereocenters.